The SMILES string of the molecule is CC.COc1nc(C)nc(C2CC2)c1F. The van der Waals surface area contributed by atoms with Crippen LogP contribution in [0, 0.1) is 12.7 Å². The van der Waals surface area contributed by atoms with Crippen LogP contribution in [-0.4, -0.2) is 17.1 Å². The Balaban J connectivity index is 0.000000531. The maximum absolute atomic E-state index is 13.5. The number of aromatic nitrogens is 2. The first-order valence-corrected chi connectivity index (χ1v) is 5.30. The van der Waals surface area contributed by atoms with E-state index in [4.69, 9.17) is 4.74 Å². The van der Waals surface area contributed by atoms with Gasteiger partial charge in [0.2, 0.25) is 5.82 Å². The first-order valence-electron chi connectivity index (χ1n) is 5.30. The fourth-order valence-corrected chi connectivity index (χ4v) is 1.32. The average molecular weight is 212 g/mol. The summed E-state index contributed by atoms with van der Waals surface area (Å²) in [5, 5.41) is 0. The maximum Gasteiger partial charge on any atom is 0.253 e. The standard InChI is InChI=1S/C9H11FN2O.C2H6/c1-5-11-8(6-3-4-6)7(10)9(12-5)13-2;1-2/h6H,3-4H2,1-2H3;1-2H3. The number of aryl methyl sites for hydroxylation is 1. The zero-order chi connectivity index (χ0) is 11.4. The minimum atomic E-state index is -0.393. The summed E-state index contributed by atoms with van der Waals surface area (Å²) in [5.74, 6) is 0.528. The fourth-order valence-electron chi connectivity index (χ4n) is 1.32. The predicted octanol–water partition coefficient (Wildman–Crippen LogP) is 2.84. The van der Waals surface area contributed by atoms with Crippen molar-refractivity contribution in [3.63, 3.8) is 0 Å². The lowest BCUT2D eigenvalue weighted by atomic mass is 10.2. The number of ether oxygens (including phenoxy) is 1. The van der Waals surface area contributed by atoms with E-state index in [1.54, 1.807) is 6.92 Å². The molecule has 4 heteroatoms. The predicted molar refractivity (Wildman–Crippen MR) is 56.6 cm³/mol. The van der Waals surface area contributed by atoms with Gasteiger partial charge in [-0.05, 0) is 19.8 Å². The lowest BCUT2D eigenvalue weighted by Crippen LogP contribution is -2.02. The van der Waals surface area contributed by atoms with Gasteiger partial charge in [-0.15, -0.1) is 0 Å². The first kappa shape index (κ1) is 11.9. The van der Waals surface area contributed by atoms with Gasteiger partial charge >= 0.3 is 0 Å². The van der Waals surface area contributed by atoms with Gasteiger partial charge < -0.3 is 4.74 Å². The van der Waals surface area contributed by atoms with Crippen molar-refractivity contribution in [2.45, 2.75) is 39.5 Å². The van der Waals surface area contributed by atoms with Crippen LogP contribution in [0.3, 0.4) is 0 Å². The van der Waals surface area contributed by atoms with E-state index in [-0.39, 0.29) is 11.8 Å². The molecule has 0 bridgehead atoms. The monoisotopic (exact) mass is 212 g/mol. The highest BCUT2D eigenvalue weighted by molar-refractivity contribution is 5.25. The van der Waals surface area contributed by atoms with E-state index in [0.29, 0.717) is 11.5 Å². The van der Waals surface area contributed by atoms with Crippen LogP contribution in [0.5, 0.6) is 5.88 Å². The highest BCUT2D eigenvalue weighted by Crippen LogP contribution is 2.41. The fraction of sp³-hybridized carbons (Fsp3) is 0.636. The molecule has 1 heterocycles. The Labute approximate surface area is 89.7 Å². The van der Waals surface area contributed by atoms with Crippen molar-refractivity contribution in [1.82, 2.24) is 9.97 Å². The van der Waals surface area contributed by atoms with E-state index in [1.165, 1.54) is 7.11 Å². The summed E-state index contributed by atoms with van der Waals surface area (Å²) >= 11 is 0. The zero-order valence-corrected chi connectivity index (χ0v) is 9.67. The number of methoxy groups -OCH3 is 1. The summed E-state index contributed by atoms with van der Waals surface area (Å²) < 4.78 is 18.3. The second kappa shape index (κ2) is 5.05. The number of rotatable bonds is 2. The van der Waals surface area contributed by atoms with Gasteiger partial charge in [0, 0.05) is 5.92 Å². The van der Waals surface area contributed by atoms with Gasteiger partial charge in [-0.3, -0.25) is 0 Å². The number of hydrogen-bond donors (Lipinski definition) is 0. The number of nitrogens with zero attached hydrogens (tertiary/aromatic N) is 2. The molecule has 0 amide bonds. The van der Waals surface area contributed by atoms with Gasteiger partial charge in [0.25, 0.3) is 5.88 Å². The first-order chi connectivity index (χ1) is 7.22. The highest BCUT2D eigenvalue weighted by atomic mass is 19.1. The van der Waals surface area contributed by atoms with E-state index < -0.39 is 5.82 Å². The van der Waals surface area contributed by atoms with Crippen LogP contribution in [-0.2, 0) is 0 Å². The topological polar surface area (TPSA) is 35.0 Å². The molecular formula is C11H17FN2O. The van der Waals surface area contributed by atoms with E-state index in [0.717, 1.165) is 12.8 Å². The normalized spacial score (nSPS) is 14.2. The molecule has 2 rings (SSSR count). The minimum absolute atomic E-state index is 0.0643. The molecule has 15 heavy (non-hydrogen) atoms. The Bertz CT molecular complexity index is 338. The average Bonchev–Trinajstić information content (AvgIpc) is 3.07. The van der Waals surface area contributed by atoms with Crippen LogP contribution < -0.4 is 4.74 Å². The molecule has 0 spiro atoms. The maximum atomic E-state index is 13.5. The van der Waals surface area contributed by atoms with Crippen LogP contribution in [0.4, 0.5) is 4.39 Å². The Kier molecular flexibility index (Phi) is 4.00. The van der Waals surface area contributed by atoms with E-state index in [2.05, 4.69) is 9.97 Å². The van der Waals surface area contributed by atoms with Crippen molar-refractivity contribution < 1.29 is 9.13 Å². The molecular weight excluding hydrogens is 195 g/mol. The molecule has 1 aromatic heterocycles. The van der Waals surface area contributed by atoms with Gasteiger partial charge in [-0.2, -0.15) is 9.37 Å². The lowest BCUT2D eigenvalue weighted by molar-refractivity contribution is 0.362. The van der Waals surface area contributed by atoms with Crippen molar-refractivity contribution in [2.24, 2.45) is 0 Å². The third-order valence-electron chi connectivity index (χ3n) is 2.12. The molecule has 0 N–H and O–H groups in total. The Morgan fingerprint density at radius 1 is 1.27 bits per heavy atom. The molecule has 1 aromatic rings. The van der Waals surface area contributed by atoms with Crippen LogP contribution >= 0.6 is 0 Å². The van der Waals surface area contributed by atoms with Crippen LogP contribution in [0.25, 0.3) is 0 Å². The highest BCUT2D eigenvalue weighted by Gasteiger charge is 2.30. The third-order valence-corrected chi connectivity index (χ3v) is 2.12. The van der Waals surface area contributed by atoms with E-state index >= 15 is 0 Å². The molecule has 1 aliphatic carbocycles. The smallest absolute Gasteiger partial charge is 0.253 e. The van der Waals surface area contributed by atoms with E-state index in [9.17, 15) is 4.39 Å². The molecule has 0 aliphatic heterocycles. The summed E-state index contributed by atoms with van der Waals surface area (Å²) in [6.07, 6.45) is 2.05. The molecule has 0 unspecified atom stereocenters. The second-order valence-corrected chi connectivity index (χ2v) is 3.25. The number of hydrogen-bond acceptors (Lipinski definition) is 3. The third kappa shape index (κ3) is 2.64. The lowest BCUT2D eigenvalue weighted by Gasteiger charge is -2.05. The van der Waals surface area contributed by atoms with Crippen LogP contribution in [0.15, 0.2) is 0 Å². The van der Waals surface area contributed by atoms with Crippen molar-refractivity contribution in [1.29, 1.82) is 0 Å². The quantitative estimate of drug-likeness (QED) is 0.756. The van der Waals surface area contributed by atoms with Crippen molar-refractivity contribution in [3.8, 4) is 5.88 Å². The van der Waals surface area contributed by atoms with Gasteiger partial charge in [0.1, 0.15) is 5.82 Å². The molecule has 0 atom stereocenters. The second-order valence-electron chi connectivity index (χ2n) is 3.25. The Morgan fingerprint density at radius 2 is 1.87 bits per heavy atom. The summed E-state index contributed by atoms with van der Waals surface area (Å²) in [4.78, 5) is 7.93. The summed E-state index contributed by atoms with van der Waals surface area (Å²) in [6, 6.07) is 0. The Hall–Kier alpha value is -1.19. The van der Waals surface area contributed by atoms with Gasteiger partial charge in [0.05, 0.1) is 12.8 Å². The van der Waals surface area contributed by atoms with Gasteiger partial charge in [-0.25, -0.2) is 4.98 Å². The Morgan fingerprint density at radius 3 is 2.33 bits per heavy atom. The van der Waals surface area contributed by atoms with Crippen LogP contribution in [0.2, 0.25) is 0 Å². The number of halogens is 1. The molecule has 1 aliphatic rings. The molecule has 0 saturated heterocycles. The molecule has 1 fully saturated rings. The summed E-state index contributed by atoms with van der Waals surface area (Å²) in [6.45, 7) is 5.74. The molecule has 0 aromatic carbocycles. The zero-order valence-electron chi connectivity index (χ0n) is 9.67. The molecule has 3 nitrogen and oxygen atoms in total. The molecule has 84 valence electrons. The minimum Gasteiger partial charge on any atom is -0.479 e. The largest absolute Gasteiger partial charge is 0.479 e. The van der Waals surface area contributed by atoms with Gasteiger partial charge in [-0.1, -0.05) is 13.8 Å². The van der Waals surface area contributed by atoms with Crippen molar-refractivity contribution in [3.05, 3.63) is 17.3 Å². The summed E-state index contributed by atoms with van der Waals surface area (Å²) in [7, 11) is 1.42. The van der Waals surface area contributed by atoms with Crippen molar-refractivity contribution >= 4 is 0 Å². The molecule has 1 saturated carbocycles. The van der Waals surface area contributed by atoms with Crippen LogP contribution in [0.1, 0.15) is 44.1 Å². The van der Waals surface area contributed by atoms with Gasteiger partial charge in [0.15, 0.2) is 0 Å². The summed E-state index contributed by atoms with van der Waals surface area (Å²) in [5.41, 5.74) is 0.518. The molecule has 0 radical (unpaired) electrons. The van der Waals surface area contributed by atoms with Crippen molar-refractivity contribution in [2.75, 3.05) is 7.11 Å². The van der Waals surface area contributed by atoms with E-state index in [1.807, 2.05) is 13.8 Å².